The number of hydrogen-bond acceptors (Lipinski definition) is 5. The van der Waals surface area contributed by atoms with E-state index in [4.69, 9.17) is 22.4 Å². The molecule has 1 aliphatic carbocycles. The van der Waals surface area contributed by atoms with Crippen LogP contribution in [-0.4, -0.2) is 31.3 Å². The highest BCUT2D eigenvalue weighted by atomic mass is 35.5. The smallest absolute Gasteiger partial charge is 0.291 e. The lowest BCUT2D eigenvalue weighted by Crippen LogP contribution is -2.32. The third-order valence-corrected chi connectivity index (χ3v) is 5.96. The van der Waals surface area contributed by atoms with Gasteiger partial charge in [-0.15, -0.1) is 11.3 Å². The lowest BCUT2D eigenvalue weighted by Gasteiger charge is -2.14. The number of thiophene rings is 1. The zero-order valence-electron chi connectivity index (χ0n) is 16.0. The summed E-state index contributed by atoms with van der Waals surface area (Å²) in [6, 6.07) is 3.60. The molecule has 0 spiro atoms. The maximum atomic E-state index is 12.4. The van der Waals surface area contributed by atoms with E-state index < -0.39 is 5.91 Å². The summed E-state index contributed by atoms with van der Waals surface area (Å²) < 4.78 is 4.50. The minimum atomic E-state index is -0.597. The number of carbonyl (C=O) groups excluding carboxylic acids is 1. The number of carbonyl (C=O) groups is 1. The van der Waals surface area contributed by atoms with Crippen LogP contribution in [0.1, 0.15) is 57.7 Å². The first-order valence-electron chi connectivity index (χ1n) is 9.45. The molecule has 0 unspecified atom stereocenters. The van der Waals surface area contributed by atoms with Gasteiger partial charge in [0.1, 0.15) is 17.9 Å². The van der Waals surface area contributed by atoms with Gasteiger partial charge in [-0.3, -0.25) is 14.0 Å². The Morgan fingerprint density at radius 3 is 2.54 bits per heavy atom. The second-order valence-corrected chi connectivity index (χ2v) is 9.11. The van der Waals surface area contributed by atoms with Gasteiger partial charge in [-0.1, -0.05) is 44.7 Å². The van der Waals surface area contributed by atoms with Gasteiger partial charge in [0.15, 0.2) is 0 Å². The van der Waals surface area contributed by atoms with E-state index in [-0.39, 0.29) is 24.1 Å². The summed E-state index contributed by atoms with van der Waals surface area (Å²) in [5, 5.41) is 13.2. The molecule has 0 radical (unpaired) electrons. The molecule has 9 heteroatoms. The zero-order chi connectivity index (χ0) is 20.4. The maximum Gasteiger partial charge on any atom is 0.291 e. The first-order valence-corrected chi connectivity index (χ1v) is 10.6. The molecule has 0 aromatic carbocycles. The molecule has 0 bridgehead atoms. The standard InChI is InChI=1S/C13H13ClN4O2S.C6H12O/c1-6(2)12-16-17(5-11(15)19)13(20)8-3-9-7(18(8)12)4-10(14)21-9;7-6-4-2-1-3-5-6/h3-4,6H,5H2,1-2H3,(H2,15,19);6-7H,1-5H2. The number of nitrogens with two attached hydrogens (primary N) is 1. The van der Waals surface area contributed by atoms with Crippen LogP contribution >= 0.6 is 22.9 Å². The van der Waals surface area contributed by atoms with Gasteiger partial charge in [0.2, 0.25) is 5.91 Å². The van der Waals surface area contributed by atoms with Crippen LogP contribution in [-0.2, 0) is 11.3 Å². The predicted octanol–water partition coefficient (Wildman–Crippen LogP) is 3.28. The number of aliphatic hydroxyl groups excluding tert-OH is 1. The Morgan fingerprint density at radius 2 is 2.00 bits per heavy atom. The number of nitrogens with zero attached hydrogens (tertiary/aromatic N) is 3. The molecule has 0 saturated heterocycles. The highest BCUT2D eigenvalue weighted by molar-refractivity contribution is 7.22. The number of halogens is 1. The number of fused-ring (bicyclic) bond motifs is 3. The third-order valence-electron chi connectivity index (χ3n) is 4.76. The SMILES string of the molecule is CC(C)c1nn(CC(N)=O)c(=O)c2cc3sc(Cl)cc3n12.OC1CCCCC1. The number of primary amides is 1. The quantitative estimate of drug-likeness (QED) is 0.673. The van der Waals surface area contributed by atoms with Crippen molar-refractivity contribution in [3.8, 4) is 0 Å². The van der Waals surface area contributed by atoms with Gasteiger partial charge in [-0.05, 0) is 25.0 Å². The Morgan fingerprint density at radius 1 is 1.32 bits per heavy atom. The van der Waals surface area contributed by atoms with Gasteiger partial charge in [-0.25, -0.2) is 4.68 Å². The minimum absolute atomic E-state index is 0.0359. The van der Waals surface area contributed by atoms with E-state index in [2.05, 4.69) is 5.10 Å². The molecule has 0 aliphatic heterocycles. The minimum Gasteiger partial charge on any atom is -0.393 e. The lowest BCUT2D eigenvalue weighted by atomic mass is 9.98. The molecule has 3 heterocycles. The van der Waals surface area contributed by atoms with Gasteiger partial charge in [0, 0.05) is 5.92 Å². The largest absolute Gasteiger partial charge is 0.393 e. The molecule has 1 amide bonds. The highest BCUT2D eigenvalue weighted by Crippen LogP contribution is 2.32. The molecule has 1 aliphatic rings. The summed E-state index contributed by atoms with van der Waals surface area (Å²) in [6.07, 6.45) is 5.92. The van der Waals surface area contributed by atoms with Crippen molar-refractivity contribution in [3.05, 3.63) is 32.6 Å². The second kappa shape index (κ2) is 8.63. The second-order valence-electron chi connectivity index (χ2n) is 7.40. The van der Waals surface area contributed by atoms with Crippen LogP contribution in [0, 0.1) is 0 Å². The number of aliphatic hydroxyl groups is 1. The van der Waals surface area contributed by atoms with Crippen LogP contribution < -0.4 is 11.3 Å². The highest BCUT2D eigenvalue weighted by Gasteiger charge is 2.18. The fraction of sp³-hybridized carbons (Fsp3) is 0.526. The van der Waals surface area contributed by atoms with Crippen LogP contribution in [0.3, 0.4) is 0 Å². The van der Waals surface area contributed by atoms with E-state index in [0.717, 1.165) is 27.7 Å². The van der Waals surface area contributed by atoms with Gasteiger partial charge in [0.25, 0.3) is 5.56 Å². The molecule has 28 heavy (non-hydrogen) atoms. The van der Waals surface area contributed by atoms with Gasteiger partial charge >= 0.3 is 0 Å². The number of rotatable bonds is 3. The monoisotopic (exact) mass is 424 g/mol. The Kier molecular flexibility index (Phi) is 6.42. The van der Waals surface area contributed by atoms with Crippen LogP contribution in [0.25, 0.3) is 15.7 Å². The molecule has 152 valence electrons. The van der Waals surface area contributed by atoms with Crippen LogP contribution in [0.2, 0.25) is 4.34 Å². The molecular formula is C19H25ClN4O3S. The Bertz CT molecular complexity index is 1050. The average molecular weight is 425 g/mol. The van der Waals surface area contributed by atoms with E-state index in [9.17, 15) is 9.59 Å². The average Bonchev–Trinajstić information content (AvgIpc) is 3.14. The first-order chi connectivity index (χ1) is 13.3. The molecule has 7 nitrogen and oxygen atoms in total. The van der Waals surface area contributed by atoms with Crippen molar-refractivity contribution in [2.24, 2.45) is 5.73 Å². The van der Waals surface area contributed by atoms with Gasteiger partial charge in [0.05, 0.1) is 20.7 Å². The number of aromatic nitrogens is 3. The molecule has 1 saturated carbocycles. The van der Waals surface area contributed by atoms with Gasteiger partial charge in [-0.2, -0.15) is 5.10 Å². The Labute approximate surface area is 171 Å². The van der Waals surface area contributed by atoms with Crippen molar-refractivity contribution in [2.75, 3.05) is 0 Å². The molecule has 3 aromatic rings. The maximum absolute atomic E-state index is 12.4. The zero-order valence-corrected chi connectivity index (χ0v) is 17.6. The summed E-state index contributed by atoms with van der Waals surface area (Å²) in [4.78, 5) is 23.5. The first kappa shape index (κ1) is 20.8. The molecule has 4 rings (SSSR count). The lowest BCUT2D eigenvalue weighted by molar-refractivity contribution is -0.118. The molecule has 3 N–H and O–H groups in total. The summed E-state index contributed by atoms with van der Waals surface area (Å²) in [7, 11) is 0. The summed E-state index contributed by atoms with van der Waals surface area (Å²) >= 11 is 7.44. The van der Waals surface area contributed by atoms with E-state index in [1.807, 2.05) is 24.3 Å². The Balaban J connectivity index is 0.000000271. The van der Waals surface area contributed by atoms with Gasteiger partial charge < -0.3 is 10.8 Å². The molecule has 3 aromatic heterocycles. The van der Waals surface area contributed by atoms with Crippen molar-refractivity contribution < 1.29 is 9.90 Å². The fourth-order valence-corrected chi connectivity index (χ4v) is 4.58. The normalized spacial score (nSPS) is 15.2. The predicted molar refractivity (Wildman–Crippen MR) is 112 cm³/mol. The molecule has 0 atom stereocenters. The van der Waals surface area contributed by atoms with Crippen LogP contribution in [0.4, 0.5) is 0 Å². The van der Waals surface area contributed by atoms with Crippen LogP contribution in [0.15, 0.2) is 16.9 Å². The fourth-order valence-electron chi connectivity index (χ4n) is 3.42. The summed E-state index contributed by atoms with van der Waals surface area (Å²) in [5.74, 6) is 0.164. The summed E-state index contributed by atoms with van der Waals surface area (Å²) in [6.45, 7) is 3.72. The molecular weight excluding hydrogens is 400 g/mol. The third kappa shape index (κ3) is 4.39. The van der Waals surface area contributed by atoms with E-state index in [1.54, 1.807) is 6.07 Å². The number of hydrogen-bond donors (Lipinski definition) is 2. The Hall–Kier alpha value is -1.90. The van der Waals surface area contributed by atoms with E-state index in [1.165, 1.54) is 30.6 Å². The van der Waals surface area contributed by atoms with Crippen molar-refractivity contribution >= 4 is 44.6 Å². The van der Waals surface area contributed by atoms with Crippen molar-refractivity contribution in [3.63, 3.8) is 0 Å². The van der Waals surface area contributed by atoms with Crippen molar-refractivity contribution in [1.82, 2.24) is 14.2 Å². The van der Waals surface area contributed by atoms with Crippen LogP contribution in [0.5, 0.6) is 0 Å². The van der Waals surface area contributed by atoms with E-state index in [0.29, 0.717) is 15.7 Å². The van der Waals surface area contributed by atoms with Crippen molar-refractivity contribution in [1.29, 1.82) is 0 Å². The topological polar surface area (TPSA) is 103 Å². The van der Waals surface area contributed by atoms with Crippen molar-refractivity contribution in [2.45, 2.75) is 64.5 Å². The van der Waals surface area contributed by atoms with E-state index >= 15 is 0 Å². The summed E-state index contributed by atoms with van der Waals surface area (Å²) in [5.41, 5.74) is 6.18. The number of amides is 1. The molecule has 1 fully saturated rings.